The van der Waals surface area contributed by atoms with E-state index in [1.165, 1.54) is 0 Å². The Kier molecular flexibility index (Phi) is 6.62. The molecule has 0 radical (unpaired) electrons. The second-order valence-corrected chi connectivity index (χ2v) is 5.53. The molecule has 1 heterocycles. The summed E-state index contributed by atoms with van der Waals surface area (Å²) >= 11 is 0. The van der Waals surface area contributed by atoms with Crippen LogP contribution in [0.4, 0.5) is 11.8 Å². The molecule has 25 heavy (non-hydrogen) atoms. The van der Waals surface area contributed by atoms with Gasteiger partial charge < -0.3 is 20.9 Å². The van der Waals surface area contributed by atoms with Crippen LogP contribution >= 0.6 is 0 Å². The predicted molar refractivity (Wildman–Crippen MR) is 101 cm³/mol. The molecule has 0 unspecified atom stereocenters. The highest BCUT2D eigenvalue weighted by molar-refractivity contribution is 5.52. The summed E-state index contributed by atoms with van der Waals surface area (Å²) in [6, 6.07) is 4.06. The number of anilines is 2. The summed E-state index contributed by atoms with van der Waals surface area (Å²) in [6.45, 7) is 7.12. The number of nitrogens with two attached hydrogens (primary N) is 2. The lowest BCUT2D eigenvalue weighted by molar-refractivity contribution is 0.317. The van der Waals surface area contributed by atoms with Crippen LogP contribution in [0.1, 0.15) is 37.5 Å². The molecule has 0 amide bonds. The fourth-order valence-electron chi connectivity index (χ4n) is 2.57. The monoisotopic (exact) mass is 342 g/mol. The van der Waals surface area contributed by atoms with Crippen molar-refractivity contribution < 1.29 is 9.47 Å². The van der Waals surface area contributed by atoms with Crippen molar-refractivity contribution in [1.82, 2.24) is 9.97 Å². The van der Waals surface area contributed by atoms with Crippen molar-refractivity contribution in [2.75, 3.05) is 24.7 Å². The van der Waals surface area contributed by atoms with Gasteiger partial charge in [0.05, 0.1) is 13.2 Å². The van der Waals surface area contributed by atoms with E-state index >= 15 is 0 Å². The van der Waals surface area contributed by atoms with Gasteiger partial charge in [0.1, 0.15) is 17.3 Å². The van der Waals surface area contributed by atoms with Crippen LogP contribution in [0.25, 0.3) is 0 Å². The highest BCUT2D eigenvalue weighted by Crippen LogP contribution is 2.33. The van der Waals surface area contributed by atoms with Crippen molar-refractivity contribution in [1.29, 1.82) is 0 Å². The molecule has 6 heteroatoms. The van der Waals surface area contributed by atoms with Gasteiger partial charge in [-0.25, -0.2) is 4.98 Å². The second kappa shape index (κ2) is 8.92. The van der Waals surface area contributed by atoms with E-state index in [1.807, 2.05) is 39.0 Å². The maximum atomic E-state index is 5.96. The molecule has 0 saturated carbocycles. The Bertz CT molecular complexity index is 717. The average Bonchev–Trinajstić information content (AvgIpc) is 2.57. The number of rotatable bonds is 8. The van der Waals surface area contributed by atoms with Crippen LogP contribution in [-0.4, -0.2) is 23.2 Å². The maximum absolute atomic E-state index is 5.96. The standard InChI is InChI=1S/C19H26N4O2/c1-4-7-8-15-16(24-5-2)10-13(11-17(15)25-6-3)9-14-12-22-19(21)23-18(14)20/h4,7,10-12H,5-6,8-9H2,1-3H3,(H4,20,21,22,23)/b7-4+. The van der Waals surface area contributed by atoms with Crippen molar-refractivity contribution in [2.24, 2.45) is 0 Å². The zero-order valence-corrected chi connectivity index (χ0v) is 15.1. The molecule has 0 fully saturated rings. The van der Waals surface area contributed by atoms with E-state index in [0.29, 0.717) is 25.5 Å². The first-order valence-electron chi connectivity index (χ1n) is 8.48. The molecule has 2 aromatic rings. The van der Waals surface area contributed by atoms with Crippen LogP contribution < -0.4 is 20.9 Å². The third-order valence-electron chi connectivity index (χ3n) is 3.70. The quantitative estimate of drug-likeness (QED) is 0.715. The van der Waals surface area contributed by atoms with Crippen LogP contribution in [0.2, 0.25) is 0 Å². The molecule has 2 rings (SSSR count). The number of hydrogen-bond donors (Lipinski definition) is 2. The van der Waals surface area contributed by atoms with E-state index in [-0.39, 0.29) is 5.95 Å². The summed E-state index contributed by atoms with van der Waals surface area (Å²) in [6.07, 6.45) is 7.11. The highest BCUT2D eigenvalue weighted by Gasteiger charge is 2.14. The minimum absolute atomic E-state index is 0.174. The normalized spacial score (nSPS) is 11.0. The Labute approximate surface area is 148 Å². The summed E-state index contributed by atoms with van der Waals surface area (Å²) in [5.41, 5.74) is 14.4. The molecule has 6 nitrogen and oxygen atoms in total. The van der Waals surface area contributed by atoms with Gasteiger partial charge in [0.15, 0.2) is 0 Å². The number of benzene rings is 1. The Hall–Kier alpha value is -2.76. The smallest absolute Gasteiger partial charge is 0.221 e. The van der Waals surface area contributed by atoms with Crippen LogP contribution in [0, 0.1) is 0 Å². The molecule has 1 aromatic carbocycles. The van der Waals surface area contributed by atoms with E-state index < -0.39 is 0 Å². The molecule has 134 valence electrons. The molecule has 0 atom stereocenters. The summed E-state index contributed by atoms with van der Waals surface area (Å²) in [5.74, 6) is 2.22. The number of hydrogen-bond acceptors (Lipinski definition) is 6. The van der Waals surface area contributed by atoms with Crippen molar-refractivity contribution in [3.05, 3.63) is 47.2 Å². The molecule has 0 aliphatic rings. The van der Waals surface area contributed by atoms with Crippen molar-refractivity contribution in [3.8, 4) is 11.5 Å². The molecule has 0 bridgehead atoms. The molecular formula is C19H26N4O2. The summed E-state index contributed by atoms with van der Waals surface area (Å²) in [5, 5.41) is 0. The molecule has 1 aromatic heterocycles. The van der Waals surface area contributed by atoms with Crippen molar-refractivity contribution >= 4 is 11.8 Å². The Morgan fingerprint density at radius 2 is 1.72 bits per heavy atom. The Morgan fingerprint density at radius 1 is 1.08 bits per heavy atom. The third-order valence-corrected chi connectivity index (χ3v) is 3.70. The zero-order chi connectivity index (χ0) is 18.2. The van der Waals surface area contributed by atoms with Crippen molar-refractivity contribution in [3.63, 3.8) is 0 Å². The molecule has 0 aliphatic carbocycles. The molecule has 0 aliphatic heterocycles. The largest absolute Gasteiger partial charge is 0.493 e. The van der Waals surface area contributed by atoms with Gasteiger partial charge in [-0.05, 0) is 44.9 Å². The molecule has 0 saturated heterocycles. The fourth-order valence-corrected chi connectivity index (χ4v) is 2.57. The number of nitrogens with zero attached hydrogens (tertiary/aromatic N) is 2. The van der Waals surface area contributed by atoms with Gasteiger partial charge in [-0.2, -0.15) is 4.98 Å². The first-order chi connectivity index (χ1) is 12.1. The van der Waals surface area contributed by atoms with Gasteiger partial charge in [-0.15, -0.1) is 0 Å². The van der Waals surface area contributed by atoms with Crippen LogP contribution in [0.5, 0.6) is 11.5 Å². The van der Waals surface area contributed by atoms with E-state index in [1.54, 1.807) is 6.20 Å². The third kappa shape index (κ3) is 4.86. The van der Waals surface area contributed by atoms with Crippen molar-refractivity contribution in [2.45, 2.75) is 33.6 Å². The van der Waals surface area contributed by atoms with Gasteiger partial charge in [-0.1, -0.05) is 12.2 Å². The van der Waals surface area contributed by atoms with Crippen LogP contribution in [0.3, 0.4) is 0 Å². The van der Waals surface area contributed by atoms with Gasteiger partial charge in [0.2, 0.25) is 5.95 Å². The van der Waals surface area contributed by atoms with E-state index in [0.717, 1.165) is 34.6 Å². The molecule has 4 N–H and O–H groups in total. The lowest BCUT2D eigenvalue weighted by Crippen LogP contribution is -2.06. The zero-order valence-electron chi connectivity index (χ0n) is 15.1. The summed E-state index contributed by atoms with van der Waals surface area (Å²) < 4.78 is 11.7. The number of allylic oxidation sites excluding steroid dienone is 2. The van der Waals surface area contributed by atoms with Gasteiger partial charge in [0, 0.05) is 23.7 Å². The predicted octanol–water partition coefficient (Wildman–Crippen LogP) is 3.15. The van der Waals surface area contributed by atoms with Gasteiger partial charge in [0.25, 0.3) is 0 Å². The van der Waals surface area contributed by atoms with Crippen LogP contribution in [-0.2, 0) is 12.8 Å². The first-order valence-corrected chi connectivity index (χ1v) is 8.48. The van der Waals surface area contributed by atoms with Crippen LogP contribution in [0.15, 0.2) is 30.5 Å². The summed E-state index contributed by atoms with van der Waals surface area (Å²) in [7, 11) is 0. The lowest BCUT2D eigenvalue weighted by atomic mass is 10.0. The molecule has 0 spiro atoms. The summed E-state index contributed by atoms with van der Waals surface area (Å²) in [4.78, 5) is 8.04. The van der Waals surface area contributed by atoms with E-state index in [2.05, 4.69) is 16.0 Å². The van der Waals surface area contributed by atoms with Gasteiger partial charge in [-0.3, -0.25) is 0 Å². The minimum atomic E-state index is 0.174. The number of aromatic nitrogens is 2. The lowest BCUT2D eigenvalue weighted by Gasteiger charge is -2.17. The Morgan fingerprint density at radius 3 is 2.24 bits per heavy atom. The van der Waals surface area contributed by atoms with E-state index in [4.69, 9.17) is 20.9 Å². The van der Waals surface area contributed by atoms with E-state index in [9.17, 15) is 0 Å². The molecular weight excluding hydrogens is 316 g/mol. The Balaban J connectivity index is 2.43. The highest BCUT2D eigenvalue weighted by atomic mass is 16.5. The number of ether oxygens (including phenoxy) is 2. The average molecular weight is 342 g/mol. The number of nitrogen functional groups attached to an aromatic ring is 2. The minimum Gasteiger partial charge on any atom is -0.493 e. The topological polar surface area (TPSA) is 96.3 Å². The fraction of sp³-hybridized carbons (Fsp3) is 0.368. The SMILES string of the molecule is C/C=C/Cc1c(OCC)cc(Cc2cnc(N)nc2N)cc1OCC. The van der Waals surface area contributed by atoms with Gasteiger partial charge >= 0.3 is 0 Å². The second-order valence-electron chi connectivity index (χ2n) is 5.53. The maximum Gasteiger partial charge on any atom is 0.221 e. The first kappa shape index (κ1) is 18.6.